The molecule has 0 aliphatic rings. The van der Waals surface area contributed by atoms with Crippen LogP contribution in [-0.4, -0.2) is 17.0 Å². The van der Waals surface area contributed by atoms with Crippen molar-refractivity contribution in [2.24, 2.45) is 0 Å². The number of nitrogens with one attached hydrogen (secondary N) is 1. The maximum atomic E-state index is 11.6. The smallest absolute Gasteiger partial charge is 0.303 e. The van der Waals surface area contributed by atoms with E-state index in [2.05, 4.69) is 21.2 Å². The Hall–Kier alpha value is -1.36. The Morgan fingerprint density at radius 2 is 1.89 bits per heavy atom. The van der Waals surface area contributed by atoms with Gasteiger partial charge >= 0.3 is 5.97 Å². The highest BCUT2D eigenvalue weighted by Crippen LogP contribution is 2.16. The van der Waals surface area contributed by atoms with E-state index in [0.29, 0.717) is 19.3 Å². The first kappa shape index (κ1) is 14.7. The fourth-order valence-corrected chi connectivity index (χ4v) is 1.93. The molecule has 0 fully saturated rings. The number of benzene rings is 1. The van der Waals surface area contributed by atoms with Gasteiger partial charge in [0, 0.05) is 23.0 Å². The summed E-state index contributed by atoms with van der Waals surface area (Å²) < 4.78 is 0.918. The molecule has 0 aromatic heterocycles. The van der Waals surface area contributed by atoms with Gasteiger partial charge in [-0.1, -0.05) is 28.4 Å². The van der Waals surface area contributed by atoms with Gasteiger partial charge in [-0.15, -0.1) is 0 Å². The molecule has 1 rings (SSSR count). The van der Waals surface area contributed by atoms with Gasteiger partial charge in [0.15, 0.2) is 0 Å². The SMILES string of the molecule is O=C(O)CCCCCC(=O)Nc1cccc(Br)c1. The molecule has 0 spiro atoms. The lowest BCUT2D eigenvalue weighted by Crippen LogP contribution is -2.11. The van der Waals surface area contributed by atoms with Crippen molar-refractivity contribution < 1.29 is 14.7 Å². The zero-order chi connectivity index (χ0) is 13.4. The van der Waals surface area contributed by atoms with E-state index in [-0.39, 0.29) is 12.3 Å². The summed E-state index contributed by atoms with van der Waals surface area (Å²) >= 11 is 3.33. The summed E-state index contributed by atoms with van der Waals surface area (Å²) in [6.45, 7) is 0. The highest BCUT2D eigenvalue weighted by Gasteiger charge is 2.03. The van der Waals surface area contributed by atoms with Crippen molar-refractivity contribution in [3.05, 3.63) is 28.7 Å². The normalized spacial score (nSPS) is 10.1. The molecule has 0 unspecified atom stereocenters. The van der Waals surface area contributed by atoms with E-state index in [1.54, 1.807) is 0 Å². The van der Waals surface area contributed by atoms with Crippen LogP contribution in [0.1, 0.15) is 32.1 Å². The lowest BCUT2D eigenvalue weighted by molar-refractivity contribution is -0.137. The molecule has 0 bridgehead atoms. The fraction of sp³-hybridized carbons (Fsp3) is 0.385. The highest BCUT2D eigenvalue weighted by atomic mass is 79.9. The van der Waals surface area contributed by atoms with Crippen LogP contribution in [0.4, 0.5) is 5.69 Å². The molecule has 0 atom stereocenters. The topological polar surface area (TPSA) is 66.4 Å². The lowest BCUT2D eigenvalue weighted by Gasteiger charge is -2.05. The Morgan fingerprint density at radius 3 is 2.56 bits per heavy atom. The molecule has 0 radical (unpaired) electrons. The average molecular weight is 314 g/mol. The standard InChI is InChI=1S/C13H16BrNO3/c14-10-5-4-6-11(9-10)15-12(16)7-2-1-3-8-13(17)18/h4-6,9H,1-3,7-8H2,(H,15,16)(H,17,18). The fourth-order valence-electron chi connectivity index (χ4n) is 1.53. The Balaban J connectivity index is 2.20. The molecule has 5 heteroatoms. The van der Waals surface area contributed by atoms with Gasteiger partial charge in [-0.05, 0) is 31.0 Å². The minimum atomic E-state index is -0.784. The molecule has 98 valence electrons. The molecule has 4 nitrogen and oxygen atoms in total. The van der Waals surface area contributed by atoms with Crippen molar-refractivity contribution in [3.8, 4) is 0 Å². The van der Waals surface area contributed by atoms with Crippen LogP contribution in [0, 0.1) is 0 Å². The molecule has 2 N–H and O–H groups in total. The van der Waals surface area contributed by atoms with E-state index in [1.807, 2.05) is 24.3 Å². The molecular weight excluding hydrogens is 298 g/mol. The largest absolute Gasteiger partial charge is 0.481 e. The molecule has 0 aliphatic heterocycles. The van der Waals surface area contributed by atoms with Crippen molar-refractivity contribution in [1.29, 1.82) is 0 Å². The highest BCUT2D eigenvalue weighted by molar-refractivity contribution is 9.10. The summed E-state index contributed by atoms with van der Waals surface area (Å²) in [7, 11) is 0. The zero-order valence-electron chi connectivity index (χ0n) is 9.99. The number of unbranched alkanes of at least 4 members (excludes halogenated alkanes) is 2. The first-order valence-electron chi connectivity index (χ1n) is 5.85. The predicted octanol–water partition coefficient (Wildman–Crippen LogP) is 3.42. The maximum Gasteiger partial charge on any atom is 0.303 e. The lowest BCUT2D eigenvalue weighted by atomic mass is 10.1. The van der Waals surface area contributed by atoms with Crippen LogP contribution in [0.2, 0.25) is 0 Å². The second-order valence-electron chi connectivity index (χ2n) is 4.01. The Kier molecular flexibility index (Phi) is 6.43. The van der Waals surface area contributed by atoms with E-state index >= 15 is 0 Å². The first-order valence-corrected chi connectivity index (χ1v) is 6.64. The van der Waals surface area contributed by atoms with E-state index in [1.165, 1.54) is 0 Å². The van der Waals surface area contributed by atoms with Gasteiger partial charge in [-0.25, -0.2) is 0 Å². The third-order valence-electron chi connectivity index (χ3n) is 2.40. The number of aliphatic carboxylic acids is 1. The minimum absolute atomic E-state index is 0.0385. The molecule has 1 aromatic rings. The third-order valence-corrected chi connectivity index (χ3v) is 2.90. The maximum absolute atomic E-state index is 11.6. The number of carboxylic acid groups (broad SMARTS) is 1. The molecule has 1 aromatic carbocycles. The quantitative estimate of drug-likeness (QED) is 0.758. The summed E-state index contributed by atoms with van der Waals surface area (Å²) in [5.74, 6) is -0.822. The third kappa shape index (κ3) is 6.39. The second kappa shape index (κ2) is 7.87. The van der Waals surface area contributed by atoms with Crippen molar-refractivity contribution in [2.75, 3.05) is 5.32 Å². The molecule has 1 amide bonds. The second-order valence-corrected chi connectivity index (χ2v) is 4.93. The molecular formula is C13H16BrNO3. The van der Waals surface area contributed by atoms with Crippen LogP contribution in [-0.2, 0) is 9.59 Å². The van der Waals surface area contributed by atoms with Crippen LogP contribution in [0.25, 0.3) is 0 Å². The predicted molar refractivity (Wildman–Crippen MR) is 73.5 cm³/mol. The van der Waals surface area contributed by atoms with Gasteiger partial charge in [0.05, 0.1) is 0 Å². The van der Waals surface area contributed by atoms with E-state index in [0.717, 1.165) is 16.6 Å². The minimum Gasteiger partial charge on any atom is -0.481 e. The van der Waals surface area contributed by atoms with Crippen LogP contribution >= 0.6 is 15.9 Å². The first-order chi connectivity index (χ1) is 8.58. The Morgan fingerprint density at radius 1 is 1.17 bits per heavy atom. The van der Waals surface area contributed by atoms with E-state index in [9.17, 15) is 9.59 Å². The van der Waals surface area contributed by atoms with Crippen molar-refractivity contribution in [2.45, 2.75) is 32.1 Å². The summed E-state index contributed by atoms with van der Waals surface area (Å²) in [6, 6.07) is 7.41. The summed E-state index contributed by atoms with van der Waals surface area (Å²) in [5, 5.41) is 11.3. The Labute approximate surface area is 115 Å². The summed E-state index contributed by atoms with van der Waals surface area (Å²) in [6.07, 6.45) is 2.70. The van der Waals surface area contributed by atoms with E-state index < -0.39 is 5.97 Å². The number of carbonyl (C=O) groups excluding carboxylic acids is 1. The number of anilines is 1. The van der Waals surface area contributed by atoms with Gasteiger partial charge in [0.25, 0.3) is 0 Å². The van der Waals surface area contributed by atoms with Crippen LogP contribution in [0.15, 0.2) is 28.7 Å². The van der Waals surface area contributed by atoms with Gasteiger partial charge < -0.3 is 10.4 Å². The number of carbonyl (C=O) groups is 2. The number of amides is 1. The summed E-state index contributed by atoms with van der Waals surface area (Å²) in [4.78, 5) is 21.9. The van der Waals surface area contributed by atoms with Crippen LogP contribution in [0.3, 0.4) is 0 Å². The van der Waals surface area contributed by atoms with Crippen LogP contribution < -0.4 is 5.32 Å². The summed E-state index contributed by atoms with van der Waals surface area (Å²) in [5.41, 5.74) is 0.764. The van der Waals surface area contributed by atoms with Crippen molar-refractivity contribution in [1.82, 2.24) is 0 Å². The van der Waals surface area contributed by atoms with Crippen molar-refractivity contribution >= 4 is 33.5 Å². The average Bonchev–Trinajstić information content (AvgIpc) is 2.28. The van der Waals surface area contributed by atoms with Gasteiger partial charge in [0.2, 0.25) is 5.91 Å². The van der Waals surface area contributed by atoms with Crippen LogP contribution in [0.5, 0.6) is 0 Å². The monoisotopic (exact) mass is 313 g/mol. The van der Waals surface area contributed by atoms with E-state index in [4.69, 9.17) is 5.11 Å². The van der Waals surface area contributed by atoms with Gasteiger partial charge in [0.1, 0.15) is 0 Å². The number of halogens is 1. The molecule has 0 heterocycles. The molecule has 18 heavy (non-hydrogen) atoms. The number of hydrogen-bond donors (Lipinski definition) is 2. The zero-order valence-corrected chi connectivity index (χ0v) is 11.6. The molecule has 0 saturated carbocycles. The molecule has 0 aliphatic carbocycles. The van der Waals surface area contributed by atoms with Crippen molar-refractivity contribution in [3.63, 3.8) is 0 Å². The van der Waals surface area contributed by atoms with Gasteiger partial charge in [-0.2, -0.15) is 0 Å². The number of rotatable bonds is 7. The Bertz CT molecular complexity index is 420. The molecule has 0 saturated heterocycles. The number of carboxylic acids is 1. The van der Waals surface area contributed by atoms with Gasteiger partial charge in [-0.3, -0.25) is 9.59 Å². The number of hydrogen-bond acceptors (Lipinski definition) is 2.